The van der Waals surface area contributed by atoms with Gasteiger partial charge in [-0.1, -0.05) is 19.9 Å². The van der Waals surface area contributed by atoms with Crippen molar-refractivity contribution in [1.29, 1.82) is 0 Å². The van der Waals surface area contributed by atoms with Crippen molar-refractivity contribution in [2.75, 3.05) is 11.9 Å². The summed E-state index contributed by atoms with van der Waals surface area (Å²) in [5, 5.41) is 19.1. The van der Waals surface area contributed by atoms with E-state index in [2.05, 4.69) is 15.6 Å². The average Bonchev–Trinajstić information content (AvgIpc) is 3.06. The van der Waals surface area contributed by atoms with E-state index in [4.69, 9.17) is 0 Å². The van der Waals surface area contributed by atoms with Crippen molar-refractivity contribution < 1.29 is 9.90 Å². The van der Waals surface area contributed by atoms with Crippen molar-refractivity contribution in [1.82, 2.24) is 10.3 Å². The Balaban J connectivity index is 2.14. The Bertz CT molecular complexity index is 635. The molecule has 5 nitrogen and oxygen atoms in total. The molecular weight excluding hydrogens is 318 g/mol. The van der Waals surface area contributed by atoms with Crippen LogP contribution in [-0.2, 0) is 0 Å². The number of thiophene rings is 1. The highest BCUT2D eigenvalue weighted by molar-refractivity contribution is 7.16. The summed E-state index contributed by atoms with van der Waals surface area (Å²) < 4.78 is 0. The highest BCUT2D eigenvalue weighted by Gasteiger charge is 2.32. The number of urea groups is 1. The van der Waals surface area contributed by atoms with E-state index in [1.165, 1.54) is 11.3 Å². The van der Waals surface area contributed by atoms with Crippen molar-refractivity contribution in [3.8, 4) is 0 Å². The fourth-order valence-electron chi connectivity index (χ4n) is 2.12. The standard InChI is InChI=1S/C15H21N3O2S2/c1-9-13(22-10(2)16-9)18-14(20)17-12(15(3,4)8-19)11-6-5-7-21-11/h5-7,12,19H,8H2,1-4H3,(H2,17,18,20)/t12-/m0/s1. The van der Waals surface area contributed by atoms with Crippen LogP contribution in [0.3, 0.4) is 0 Å². The van der Waals surface area contributed by atoms with Crippen LogP contribution in [0.15, 0.2) is 17.5 Å². The van der Waals surface area contributed by atoms with Gasteiger partial charge in [0.05, 0.1) is 23.4 Å². The summed E-state index contributed by atoms with van der Waals surface area (Å²) in [6.45, 7) is 7.62. The molecule has 0 aliphatic rings. The van der Waals surface area contributed by atoms with Crippen LogP contribution in [0.4, 0.5) is 9.80 Å². The molecule has 2 amide bonds. The van der Waals surface area contributed by atoms with Gasteiger partial charge in [-0.2, -0.15) is 0 Å². The molecule has 2 rings (SSSR count). The lowest BCUT2D eigenvalue weighted by molar-refractivity contribution is 0.121. The number of rotatable bonds is 5. The van der Waals surface area contributed by atoms with Crippen LogP contribution in [0, 0.1) is 19.3 Å². The van der Waals surface area contributed by atoms with E-state index in [9.17, 15) is 9.90 Å². The van der Waals surface area contributed by atoms with E-state index in [-0.39, 0.29) is 18.7 Å². The van der Waals surface area contributed by atoms with Crippen molar-refractivity contribution in [2.24, 2.45) is 5.41 Å². The van der Waals surface area contributed by atoms with Gasteiger partial charge in [-0.25, -0.2) is 9.78 Å². The number of nitrogens with zero attached hydrogens (tertiary/aromatic N) is 1. The Morgan fingerprint density at radius 1 is 1.45 bits per heavy atom. The Hall–Kier alpha value is -1.44. The Labute approximate surface area is 138 Å². The van der Waals surface area contributed by atoms with Crippen molar-refractivity contribution >= 4 is 33.7 Å². The van der Waals surface area contributed by atoms with E-state index in [0.29, 0.717) is 0 Å². The molecule has 3 N–H and O–H groups in total. The minimum Gasteiger partial charge on any atom is -0.396 e. The summed E-state index contributed by atoms with van der Waals surface area (Å²) in [6, 6.07) is 3.37. The Morgan fingerprint density at radius 3 is 2.68 bits per heavy atom. The largest absolute Gasteiger partial charge is 0.396 e. The lowest BCUT2D eigenvalue weighted by Gasteiger charge is -2.32. The van der Waals surface area contributed by atoms with Crippen molar-refractivity contribution in [3.63, 3.8) is 0 Å². The lowest BCUT2D eigenvalue weighted by Crippen LogP contribution is -2.41. The number of carbonyl (C=O) groups excluding carboxylic acids is 1. The zero-order chi connectivity index (χ0) is 16.3. The van der Waals surface area contributed by atoms with Gasteiger partial charge in [-0.05, 0) is 25.3 Å². The van der Waals surface area contributed by atoms with E-state index in [1.807, 2.05) is 45.2 Å². The molecule has 0 bridgehead atoms. The molecule has 120 valence electrons. The molecule has 0 aliphatic heterocycles. The molecule has 0 saturated carbocycles. The number of aromatic nitrogens is 1. The fourth-order valence-corrected chi connectivity index (χ4v) is 3.92. The monoisotopic (exact) mass is 339 g/mol. The van der Waals surface area contributed by atoms with Crippen LogP contribution in [-0.4, -0.2) is 22.7 Å². The van der Waals surface area contributed by atoms with Gasteiger partial charge in [0.2, 0.25) is 0 Å². The molecule has 0 saturated heterocycles. The van der Waals surface area contributed by atoms with E-state index >= 15 is 0 Å². The van der Waals surface area contributed by atoms with Crippen LogP contribution in [0.25, 0.3) is 0 Å². The minimum atomic E-state index is -0.457. The predicted molar refractivity (Wildman–Crippen MR) is 91.7 cm³/mol. The van der Waals surface area contributed by atoms with Crippen LogP contribution < -0.4 is 10.6 Å². The first-order valence-electron chi connectivity index (χ1n) is 6.99. The quantitative estimate of drug-likeness (QED) is 0.777. The van der Waals surface area contributed by atoms with Gasteiger partial charge in [0.1, 0.15) is 5.00 Å². The number of hydrogen-bond donors (Lipinski definition) is 3. The maximum Gasteiger partial charge on any atom is 0.320 e. The smallest absolute Gasteiger partial charge is 0.320 e. The van der Waals surface area contributed by atoms with Gasteiger partial charge in [0.15, 0.2) is 0 Å². The molecule has 0 spiro atoms. The zero-order valence-corrected chi connectivity index (χ0v) is 14.8. The third-order valence-corrected chi connectivity index (χ3v) is 5.35. The highest BCUT2D eigenvalue weighted by atomic mass is 32.1. The van der Waals surface area contributed by atoms with Crippen LogP contribution in [0.2, 0.25) is 0 Å². The summed E-state index contributed by atoms with van der Waals surface area (Å²) in [7, 11) is 0. The lowest BCUT2D eigenvalue weighted by atomic mass is 9.84. The second kappa shape index (κ2) is 6.76. The maximum atomic E-state index is 12.3. The molecule has 7 heteroatoms. The number of nitrogens with one attached hydrogen (secondary N) is 2. The van der Waals surface area contributed by atoms with E-state index in [0.717, 1.165) is 20.6 Å². The molecule has 0 unspecified atom stereocenters. The van der Waals surface area contributed by atoms with Gasteiger partial charge >= 0.3 is 6.03 Å². The molecule has 2 aromatic heterocycles. The number of hydrogen-bond acceptors (Lipinski definition) is 5. The third-order valence-electron chi connectivity index (χ3n) is 3.42. The molecule has 0 fully saturated rings. The summed E-state index contributed by atoms with van der Waals surface area (Å²) >= 11 is 3.02. The number of carbonyl (C=O) groups is 1. The van der Waals surface area contributed by atoms with Gasteiger partial charge in [-0.15, -0.1) is 22.7 Å². The number of aryl methyl sites for hydroxylation is 2. The van der Waals surface area contributed by atoms with Crippen LogP contribution in [0.1, 0.15) is 35.5 Å². The third kappa shape index (κ3) is 3.85. The van der Waals surface area contributed by atoms with Gasteiger partial charge < -0.3 is 10.4 Å². The summed E-state index contributed by atoms with van der Waals surface area (Å²) in [5.74, 6) is 0. The maximum absolute atomic E-state index is 12.3. The molecule has 0 radical (unpaired) electrons. The number of amides is 2. The fraction of sp³-hybridized carbons (Fsp3) is 0.467. The van der Waals surface area contributed by atoms with E-state index in [1.54, 1.807) is 11.3 Å². The topological polar surface area (TPSA) is 74.2 Å². The Kier molecular flexibility index (Phi) is 5.20. The van der Waals surface area contributed by atoms with E-state index < -0.39 is 5.41 Å². The molecule has 22 heavy (non-hydrogen) atoms. The van der Waals surface area contributed by atoms with Gasteiger partial charge in [0, 0.05) is 10.3 Å². The highest BCUT2D eigenvalue weighted by Crippen LogP contribution is 2.35. The average molecular weight is 339 g/mol. The molecular formula is C15H21N3O2S2. The number of thiazole rings is 1. The predicted octanol–water partition coefficient (Wildman–Crippen LogP) is 3.70. The number of aliphatic hydroxyl groups is 1. The van der Waals surface area contributed by atoms with Gasteiger partial charge in [0.25, 0.3) is 0 Å². The minimum absolute atomic E-state index is 0.0193. The zero-order valence-electron chi connectivity index (χ0n) is 13.1. The first kappa shape index (κ1) is 16.9. The number of aliphatic hydroxyl groups excluding tert-OH is 1. The normalized spacial score (nSPS) is 13.0. The number of anilines is 1. The van der Waals surface area contributed by atoms with Gasteiger partial charge in [-0.3, -0.25) is 5.32 Å². The molecule has 2 heterocycles. The second-order valence-corrected chi connectivity index (χ2v) is 8.02. The summed E-state index contributed by atoms with van der Waals surface area (Å²) in [4.78, 5) is 17.6. The Morgan fingerprint density at radius 2 is 2.18 bits per heavy atom. The SMILES string of the molecule is Cc1nc(C)c(NC(=O)N[C@@H](c2cccs2)C(C)(C)CO)s1. The first-order chi connectivity index (χ1) is 10.3. The summed E-state index contributed by atoms with van der Waals surface area (Å²) in [6.07, 6.45) is 0. The second-order valence-electron chi connectivity index (χ2n) is 5.84. The van der Waals surface area contributed by atoms with Crippen LogP contribution in [0.5, 0.6) is 0 Å². The molecule has 1 atom stereocenters. The van der Waals surface area contributed by atoms with Crippen molar-refractivity contribution in [3.05, 3.63) is 33.1 Å². The molecule has 2 aromatic rings. The van der Waals surface area contributed by atoms with Crippen molar-refractivity contribution in [2.45, 2.75) is 33.7 Å². The van der Waals surface area contributed by atoms with Crippen LogP contribution >= 0.6 is 22.7 Å². The first-order valence-corrected chi connectivity index (χ1v) is 8.69. The molecule has 0 aromatic carbocycles. The summed E-state index contributed by atoms with van der Waals surface area (Å²) in [5.41, 5.74) is 0.354. The molecule has 0 aliphatic carbocycles.